The van der Waals surface area contributed by atoms with Crippen LogP contribution in [0.1, 0.15) is 34.0 Å². The topological polar surface area (TPSA) is 165 Å². The standard InChI is InChI=1S/C20H24N8O3S/c1-20(2,21)12-7-8-15(24-11-12)26-16-10-13(17(28-27-16)19(29)22-3)25-18-14(32(4,30)31)6-5-9-23-18/h5-11H,21H2,1-4H3,(H,22,29)(H2,23,24,25,26,27)/i3D3. The predicted molar refractivity (Wildman–Crippen MR) is 121 cm³/mol. The summed E-state index contributed by atoms with van der Waals surface area (Å²) in [4.78, 5) is 20.7. The van der Waals surface area contributed by atoms with Crippen LogP contribution in [-0.2, 0) is 15.4 Å². The summed E-state index contributed by atoms with van der Waals surface area (Å²) in [6.07, 6.45) is 3.96. The molecule has 0 bridgehead atoms. The van der Waals surface area contributed by atoms with Gasteiger partial charge in [0.1, 0.15) is 16.5 Å². The van der Waals surface area contributed by atoms with E-state index in [-0.39, 0.29) is 27.9 Å². The van der Waals surface area contributed by atoms with Gasteiger partial charge in [-0.2, -0.15) is 0 Å². The van der Waals surface area contributed by atoms with Crippen LogP contribution in [0.2, 0.25) is 0 Å². The molecule has 0 fully saturated rings. The van der Waals surface area contributed by atoms with Gasteiger partial charge in [0.2, 0.25) is 0 Å². The summed E-state index contributed by atoms with van der Waals surface area (Å²) in [5.74, 6) is -0.588. The summed E-state index contributed by atoms with van der Waals surface area (Å²) in [7, 11) is -3.68. The van der Waals surface area contributed by atoms with Crippen molar-refractivity contribution >= 4 is 38.9 Å². The van der Waals surface area contributed by atoms with Gasteiger partial charge in [0, 0.05) is 41.3 Å². The lowest BCUT2D eigenvalue weighted by molar-refractivity contribution is 0.0958. The van der Waals surface area contributed by atoms with Crippen molar-refractivity contribution in [3.8, 4) is 0 Å². The number of sulfone groups is 1. The molecule has 168 valence electrons. The lowest BCUT2D eigenvalue weighted by Crippen LogP contribution is -2.28. The van der Waals surface area contributed by atoms with E-state index in [1.54, 1.807) is 18.3 Å². The van der Waals surface area contributed by atoms with Crippen LogP contribution in [0.5, 0.6) is 0 Å². The number of hydrogen-bond acceptors (Lipinski definition) is 10. The third-order valence-corrected chi connectivity index (χ3v) is 5.44. The Bertz CT molecular complexity index is 1340. The molecular formula is C20H24N8O3S. The molecule has 0 spiro atoms. The fourth-order valence-corrected chi connectivity index (χ4v) is 3.45. The second-order valence-electron chi connectivity index (χ2n) is 7.47. The zero-order valence-electron chi connectivity index (χ0n) is 20.5. The molecule has 3 aromatic rings. The van der Waals surface area contributed by atoms with Crippen molar-refractivity contribution in [2.24, 2.45) is 5.73 Å². The smallest absolute Gasteiger partial charge is 0.273 e. The Morgan fingerprint density at radius 1 is 1.12 bits per heavy atom. The summed E-state index contributed by atoms with van der Waals surface area (Å²) < 4.78 is 46.2. The molecule has 11 nitrogen and oxygen atoms in total. The van der Waals surface area contributed by atoms with E-state index in [4.69, 9.17) is 9.85 Å². The minimum Gasteiger partial charge on any atom is -0.354 e. The Labute approximate surface area is 190 Å². The number of carbonyl (C=O) groups is 1. The van der Waals surface area contributed by atoms with E-state index >= 15 is 0 Å². The zero-order chi connectivity index (χ0) is 26.0. The van der Waals surface area contributed by atoms with Gasteiger partial charge in [-0.05, 0) is 37.6 Å². The molecule has 0 atom stereocenters. The molecule has 0 aliphatic heterocycles. The molecule has 0 saturated heterocycles. The average molecular weight is 460 g/mol. The minimum absolute atomic E-state index is 0.0347. The van der Waals surface area contributed by atoms with Gasteiger partial charge < -0.3 is 21.7 Å². The summed E-state index contributed by atoms with van der Waals surface area (Å²) in [5, 5.41) is 15.3. The van der Waals surface area contributed by atoms with Gasteiger partial charge in [0.25, 0.3) is 5.91 Å². The van der Waals surface area contributed by atoms with Crippen LogP contribution in [0.15, 0.2) is 47.6 Å². The normalized spacial score (nSPS) is 13.4. The van der Waals surface area contributed by atoms with E-state index in [1.165, 1.54) is 24.4 Å². The maximum Gasteiger partial charge on any atom is 0.273 e. The molecule has 0 saturated carbocycles. The van der Waals surface area contributed by atoms with Crippen LogP contribution in [0.25, 0.3) is 0 Å². The van der Waals surface area contributed by atoms with Gasteiger partial charge in [0.15, 0.2) is 21.3 Å². The van der Waals surface area contributed by atoms with Gasteiger partial charge in [0.05, 0.1) is 5.69 Å². The molecule has 32 heavy (non-hydrogen) atoms. The number of carbonyl (C=O) groups excluding carboxylic acids is 1. The molecule has 0 aromatic carbocycles. The van der Waals surface area contributed by atoms with Gasteiger partial charge in [-0.25, -0.2) is 18.4 Å². The quantitative estimate of drug-likeness (QED) is 0.408. The Morgan fingerprint density at radius 2 is 1.91 bits per heavy atom. The van der Waals surface area contributed by atoms with Crippen molar-refractivity contribution < 1.29 is 17.3 Å². The summed E-state index contributed by atoms with van der Waals surface area (Å²) in [5.41, 5.74) is 5.87. The molecule has 3 aromatic heterocycles. The first kappa shape index (κ1) is 19.1. The van der Waals surface area contributed by atoms with Crippen LogP contribution in [0.4, 0.5) is 23.1 Å². The zero-order valence-corrected chi connectivity index (χ0v) is 18.4. The Balaban J connectivity index is 2.01. The lowest BCUT2D eigenvalue weighted by atomic mass is 9.98. The van der Waals surface area contributed by atoms with Crippen molar-refractivity contribution in [3.05, 3.63) is 54.0 Å². The maximum absolute atomic E-state index is 12.6. The SMILES string of the molecule is [2H]C([2H])([2H])NC(=O)c1nnc(Nc2ccc(C(C)(C)N)cn2)cc1Nc1ncccc1S(C)(=O)=O. The van der Waals surface area contributed by atoms with Crippen LogP contribution in [0, 0.1) is 0 Å². The predicted octanol–water partition coefficient (Wildman–Crippen LogP) is 1.71. The van der Waals surface area contributed by atoms with E-state index in [0.29, 0.717) is 5.82 Å². The van der Waals surface area contributed by atoms with E-state index < -0.39 is 28.3 Å². The Hall–Kier alpha value is -3.64. The summed E-state index contributed by atoms with van der Waals surface area (Å²) >= 11 is 0. The molecule has 3 heterocycles. The summed E-state index contributed by atoms with van der Waals surface area (Å²) in [6.45, 7) is 0.899. The fourth-order valence-electron chi connectivity index (χ4n) is 2.67. The lowest BCUT2D eigenvalue weighted by Gasteiger charge is -2.18. The third kappa shape index (κ3) is 5.34. The van der Waals surface area contributed by atoms with Crippen LogP contribution >= 0.6 is 0 Å². The van der Waals surface area contributed by atoms with E-state index in [9.17, 15) is 13.2 Å². The molecular weight excluding hydrogens is 432 g/mol. The number of rotatable bonds is 7. The van der Waals surface area contributed by atoms with Gasteiger partial charge >= 0.3 is 0 Å². The molecule has 0 unspecified atom stereocenters. The van der Waals surface area contributed by atoms with Gasteiger partial charge in [-0.3, -0.25) is 4.79 Å². The monoisotopic (exact) mass is 459 g/mol. The number of pyridine rings is 2. The largest absolute Gasteiger partial charge is 0.354 e. The van der Waals surface area contributed by atoms with Crippen molar-refractivity contribution in [1.29, 1.82) is 0 Å². The first-order valence-corrected chi connectivity index (χ1v) is 11.2. The van der Waals surface area contributed by atoms with Crippen molar-refractivity contribution in [2.75, 3.05) is 23.9 Å². The van der Waals surface area contributed by atoms with Crippen molar-refractivity contribution in [1.82, 2.24) is 25.5 Å². The minimum atomic E-state index is -3.68. The molecule has 0 aliphatic carbocycles. The maximum atomic E-state index is 12.6. The number of amides is 1. The first-order valence-electron chi connectivity index (χ1n) is 10.8. The second kappa shape index (κ2) is 8.85. The molecule has 0 aliphatic rings. The van der Waals surface area contributed by atoms with E-state index in [1.807, 2.05) is 19.2 Å². The first-order chi connectivity index (χ1) is 16.1. The molecule has 12 heteroatoms. The van der Waals surface area contributed by atoms with Crippen LogP contribution in [0.3, 0.4) is 0 Å². The molecule has 1 amide bonds. The number of nitrogens with zero attached hydrogens (tertiary/aromatic N) is 4. The van der Waals surface area contributed by atoms with Gasteiger partial charge in [-0.15, -0.1) is 10.2 Å². The Kier molecular flexibility index (Phi) is 5.27. The highest BCUT2D eigenvalue weighted by molar-refractivity contribution is 7.90. The average Bonchev–Trinajstić information content (AvgIpc) is 2.72. The Morgan fingerprint density at radius 3 is 2.53 bits per heavy atom. The van der Waals surface area contributed by atoms with Crippen molar-refractivity contribution in [3.63, 3.8) is 0 Å². The number of anilines is 4. The number of hydrogen-bond donors (Lipinski definition) is 4. The highest BCUT2D eigenvalue weighted by Crippen LogP contribution is 2.26. The van der Waals surface area contributed by atoms with E-state index in [2.05, 4.69) is 30.8 Å². The van der Waals surface area contributed by atoms with E-state index in [0.717, 1.165) is 11.8 Å². The third-order valence-electron chi connectivity index (χ3n) is 4.31. The highest BCUT2D eigenvalue weighted by atomic mass is 32.2. The summed E-state index contributed by atoms with van der Waals surface area (Å²) in [6, 6.07) is 7.59. The van der Waals surface area contributed by atoms with Crippen LogP contribution < -0.4 is 21.7 Å². The number of nitrogens with two attached hydrogens (primary N) is 1. The number of aromatic nitrogens is 4. The second-order valence-corrected chi connectivity index (χ2v) is 9.46. The van der Waals surface area contributed by atoms with Gasteiger partial charge in [-0.1, -0.05) is 6.07 Å². The van der Waals surface area contributed by atoms with Crippen LogP contribution in [-0.4, -0.2) is 47.7 Å². The number of nitrogens with one attached hydrogen (secondary N) is 3. The van der Waals surface area contributed by atoms with Crippen molar-refractivity contribution in [2.45, 2.75) is 24.3 Å². The molecule has 3 rings (SSSR count). The fraction of sp³-hybridized carbons (Fsp3) is 0.250. The highest BCUT2D eigenvalue weighted by Gasteiger charge is 2.20. The molecule has 0 radical (unpaired) electrons. The molecule has 5 N–H and O–H groups in total.